The number of nitrogens with zero attached hydrogens (tertiary/aromatic N) is 3. The molecule has 1 aromatic carbocycles. The van der Waals surface area contributed by atoms with Gasteiger partial charge in [-0.15, -0.1) is 11.3 Å². The SMILES string of the molecule is Cc1c(C(=O)N/N=C\c2ccc(O)c([N+](=O)[O-])c2)sc(N)c1C#N. The highest BCUT2D eigenvalue weighted by molar-refractivity contribution is 7.18. The Hall–Kier alpha value is -3.45. The average molecular weight is 345 g/mol. The molecule has 0 fully saturated rings. The van der Waals surface area contributed by atoms with E-state index in [0.29, 0.717) is 11.1 Å². The van der Waals surface area contributed by atoms with Crippen LogP contribution in [0, 0.1) is 28.4 Å². The molecule has 24 heavy (non-hydrogen) atoms. The molecule has 4 N–H and O–H groups in total. The Balaban J connectivity index is 2.15. The molecular weight excluding hydrogens is 334 g/mol. The summed E-state index contributed by atoms with van der Waals surface area (Å²) < 4.78 is 0. The number of anilines is 1. The molecule has 1 amide bonds. The van der Waals surface area contributed by atoms with Crippen LogP contribution in [0.5, 0.6) is 5.75 Å². The number of carbonyl (C=O) groups is 1. The van der Waals surface area contributed by atoms with E-state index >= 15 is 0 Å². The predicted molar refractivity (Wildman–Crippen MR) is 88.0 cm³/mol. The van der Waals surface area contributed by atoms with Gasteiger partial charge >= 0.3 is 5.69 Å². The van der Waals surface area contributed by atoms with Gasteiger partial charge in [0.1, 0.15) is 15.9 Å². The van der Waals surface area contributed by atoms with Crippen molar-refractivity contribution in [2.45, 2.75) is 6.92 Å². The van der Waals surface area contributed by atoms with Crippen LogP contribution in [-0.2, 0) is 0 Å². The van der Waals surface area contributed by atoms with Crippen molar-refractivity contribution in [3.63, 3.8) is 0 Å². The number of carbonyl (C=O) groups excluding carboxylic acids is 1. The van der Waals surface area contributed by atoms with Crippen molar-refractivity contribution in [3.05, 3.63) is 49.9 Å². The molecule has 0 atom stereocenters. The first-order valence-electron chi connectivity index (χ1n) is 6.45. The second-order valence-electron chi connectivity index (χ2n) is 4.61. The Labute approximate surface area is 139 Å². The van der Waals surface area contributed by atoms with E-state index in [4.69, 9.17) is 11.0 Å². The van der Waals surface area contributed by atoms with E-state index < -0.39 is 22.3 Å². The number of aromatic hydroxyl groups is 1. The number of nitrogens with one attached hydrogen (secondary N) is 1. The summed E-state index contributed by atoms with van der Waals surface area (Å²) >= 11 is 0.975. The van der Waals surface area contributed by atoms with Gasteiger partial charge in [0.15, 0.2) is 5.75 Å². The van der Waals surface area contributed by atoms with Crippen LogP contribution in [0.15, 0.2) is 23.3 Å². The Bertz CT molecular complexity index is 897. The molecule has 10 heteroatoms. The summed E-state index contributed by atoms with van der Waals surface area (Å²) in [6.45, 7) is 1.60. The van der Waals surface area contributed by atoms with Crippen LogP contribution in [0.3, 0.4) is 0 Å². The molecule has 0 aliphatic heterocycles. The summed E-state index contributed by atoms with van der Waals surface area (Å²) in [6, 6.07) is 5.60. The summed E-state index contributed by atoms with van der Waals surface area (Å²) in [5.74, 6) is -1.01. The zero-order valence-electron chi connectivity index (χ0n) is 12.3. The van der Waals surface area contributed by atoms with Gasteiger partial charge in [0.05, 0.1) is 16.7 Å². The molecule has 1 heterocycles. The van der Waals surface area contributed by atoms with Crippen molar-refractivity contribution in [3.8, 4) is 11.8 Å². The fourth-order valence-corrected chi connectivity index (χ4v) is 2.79. The molecule has 0 saturated carbocycles. The normalized spacial score (nSPS) is 10.5. The van der Waals surface area contributed by atoms with Gasteiger partial charge in [-0.25, -0.2) is 5.43 Å². The highest BCUT2D eigenvalue weighted by Crippen LogP contribution is 2.29. The van der Waals surface area contributed by atoms with Gasteiger partial charge in [-0.05, 0) is 24.6 Å². The lowest BCUT2D eigenvalue weighted by molar-refractivity contribution is -0.385. The number of phenolic OH excluding ortho intramolecular Hbond substituents is 1. The number of nitro groups is 1. The van der Waals surface area contributed by atoms with E-state index in [1.165, 1.54) is 12.3 Å². The summed E-state index contributed by atoms with van der Waals surface area (Å²) in [5, 5.41) is 33.0. The van der Waals surface area contributed by atoms with E-state index in [-0.39, 0.29) is 15.4 Å². The number of nitrogen functional groups attached to an aromatic ring is 1. The van der Waals surface area contributed by atoms with Gasteiger partial charge in [0, 0.05) is 11.6 Å². The van der Waals surface area contributed by atoms with E-state index in [0.717, 1.165) is 23.5 Å². The van der Waals surface area contributed by atoms with Crippen LogP contribution >= 0.6 is 11.3 Å². The van der Waals surface area contributed by atoms with Crippen LogP contribution in [0.2, 0.25) is 0 Å². The molecule has 0 bridgehead atoms. The number of benzene rings is 1. The van der Waals surface area contributed by atoms with E-state index in [9.17, 15) is 20.0 Å². The second-order valence-corrected chi connectivity index (χ2v) is 5.66. The van der Waals surface area contributed by atoms with E-state index in [1.54, 1.807) is 6.92 Å². The number of amides is 1. The standard InChI is InChI=1S/C14H11N5O4S/c1-7-9(5-15)13(16)24-12(7)14(21)18-17-6-8-2-3-11(20)10(4-8)19(22)23/h2-4,6,20H,16H2,1H3,(H,18,21)/b17-6-. The maximum absolute atomic E-state index is 12.0. The minimum Gasteiger partial charge on any atom is -0.502 e. The number of hydrazone groups is 1. The molecule has 1 aromatic heterocycles. The number of hydrogen-bond donors (Lipinski definition) is 3. The third kappa shape index (κ3) is 3.31. The minimum absolute atomic E-state index is 0.248. The molecule has 2 rings (SSSR count). The number of rotatable bonds is 4. The summed E-state index contributed by atoms with van der Waals surface area (Å²) in [6.07, 6.45) is 1.20. The van der Waals surface area contributed by atoms with Crippen molar-refractivity contribution >= 4 is 34.1 Å². The Morgan fingerprint density at radius 3 is 2.88 bits per heavy atom. The lowest BCUT2D eigenvalue weighted by Crippen LogP contribution is -2.17. The van der Waals surface area contributed by atoms with Gasteiger partial charge in [-0.1, -0.05) is 0 Å². The van der Waals surface area contributed by atoms with Crippen LogP contribution < -0.4 is 11.2 Å². The van der Waals surface area contributed by atoms with Crippen molar-refractivity contribution in [2.75, 3.05) is 5.73 Å². The third-order valence-corrected chi connectivity index (χ3v) is 4.19. The molecule has 0 saturated heterocycles. The first-order valence-corrected chi connectivity index (χ1v) is 7.26. The zero-order valence-corrected chi connectivity index (χ0v) is 13.1. The number of nitriles is 1. The predicted octanol–water partition coefficient (Wildman–Crippen LogP) is 1.89. The lowest BCUT2D eigenvalue weighted by Gasteiger charge is -1.99. The topological polar surface area (TPSA) is 155 Å². The summed E-state index contributed by atoms with van der Waals surface area (Å²) in [4.78, 5) is 22.3. The number of thiophene rings is 1. The Morgan fingerprint density at radius 1 is 1.58 bits per heavy atom. The van der Waals surface area contributed by atoms with Crippen molar-refractivity contribution in [1.29, 1.82) is 5.26 Å². The molecule has 0 unspecified atom stereocenters. The molecule has 0 spiro atoms. The van der Waals surface area contributed by atoms with Gasteiger partial charge < -0.3 is 10.8 Å². The van der Waals surface area contributed by atoms with E-state index in [1.807, 2.05) is 6.07 Å². The number of nitrogens with two attached hydrogens (primary N) is 1. The minimum atomic E-state index is -0.730. The van der Waals surface area contributed by atoms with Gasteiger partial charge in [0.2, 0.25) is 0 Å². The van der Waals surface area contributed by atoms with Crippen molar-refractivity contribution < 1.29 is 14.8 Å². The average Bonchev–Trinajstić information content (AvgIpc) is 2.82. The molecular formula is C14H11N5O4S. The van der Waals surface area contributed by atoms with Crippen LogP contribution in [-0.4, -0.2) is 22.2 Å². The lowest BCUT2D eigenvalue weighted by atomic mass is 10.2. The smallest absolute Gasteiger partial charge is 0.311 e. The zero-order chi connectivity index (χ0) is 17.9. The highest BCUT2D eigenvalue weighted by atomic mass is 32.1. The first kappa shape index (κ1) is 16.9. The molecule has 0 radical (unpaired) electrons. The Kier molecular flexibility index (Phi) is 4.76. The fourth-order valence-electron chi connectivity index (χ4n) is 1.87. The van der Waals surface area contributed by atoms with Gasteiger partial charge in [-0.2, -0.15) is 10.4 Å². The van der Waals surface area contributed by atoms with Gasteiger partial charge in [-0.3, -0.25) is 14.9 Å². The molecule has 9 nitrogen and oxygen atoms in total. The maximum Gasteiger partial charge on any atom is 0.311 e. The van der Waals surface area contributed by atoms with Crippen molar-refractivity contribution in [2.24, 2.45) is 5.10 Å². The highest BCUT2D eigenvalue weighted by Gasteiger charge is 2.18. The number of nitro benzene ring substituents is 1. The molecule has 0 aliphatic carbocycles. The number of hydrogen-bond acceptors (Lipinski definition) is 8. The van der Waals surface area contributed by atoms with Gasteiger partial charge in [0.25, 0.3) is 5.91 Å². The van der Waals surface area contributed by atoms with Crippen LogP contribution in [0.1, 0.15) is 26.4 Å². The Morgan fingerprint density at radius 2 is 2.29 bits per heavy atom. The first-order chi connectivity index (χ1) is 11.3. The second kappa shape index (κ2) is 6.76. The summed E-state index contributed by atoms with van der Waals surface area (Å²) in [7, 11) is 0. The number of phenols is 1. The van der Waals surface area contributed by atoms with Crippen LogP contribution in [0.4, 0.5) is 10.7 Å². The van der Waals surface area contributed by atoms with Crippen molar-refractivity contribution in [1.82, 2.24) is 5.43 Å². The molecule has 2 aromatic rings. The third-order valence-electron chi connectivity index (χ3n) is 3.07. The monoisotopic (exact) mass is 345 g/mol. The largest absolute Gasteiger partial charge is 0.502 e. The fraction of sp³-hybridized carbons (Fsp3) is 0.0714. The molecule has 122 valence electrons. The van der Waals surface area contributed by atoms with Crippen LogP contribution in [0.25, 0.3) is 0 Å². The van der Waals surface area contributed by atoms with E-state index in [2.05, 4.69) is 10.5 Å². The quantitative estimate of drug-likeness (QED) is 0.436. The maximum atomic E-state index is 12.0. The molecule has 0 aliphatic rings. The summed E-state index contributed by atoms with van der Waals surface area (Å²) in [5.41, 5.74) is 8.49.